The van der Waals surface area contributed by atoms with Crippen LogP contribution >= 0.6 is 0 Å². The van der Waals surface area contributed by atoms with Gasteiger partial charge >= 0.3 is 0 Å². The molecule has 0 saturated heterocycles. The molecule has 0 aromatic carbocycles. The van der Waals surface area contributed by atoms with E-state index in [1.165, 1.54) is 238 Å². The van der Waals surface area contributed by atoms with Crippen LogP contribution in [0.3, 0.4) is 0 Å². The van der Waals surface area contributed by atoms with Crippen molar-refractivity contribution in [2.45, 2.75) is 309 Å². The fraction of sp³-hybridized carbons (Fsp3) is 0.907. The Hall–Kier alpha value is -1.13. The normalized spacial score (nSPS) is 13.0. The van der Waals surface area contributed by atoms with E-state index in [0.717, 1.165) is 32.1 Å². The van der Waals surface area contributed by atoms with Gasteiger partial charge in [-0.25, -0.2) is 0 Å². The molecule has 4 heteroatoms. The van der Waals surface area contributed by atoms with Crippen molar-refractivity contribution in [1.29, 1.82) is 0 Å². The van der Waals surface area contributed by atoms with E-state index in [1.807, 2.05) is 0 Å². The Morgan fingerprint density at radius 2 is 0.707 bits per heavy atom. The molecule has 0 fully saturated rings. The van der Waals surface area contributed by atoms with Gasteiger partial charge in [0.1, 0.15) is 0 Å². The van der Waals surface area contributed by atoms with Crippen molar-refractivity contribution in [2.75, 3.05) is 6.61 Å². The van der Waals surface area contributed by atoms with Crippen molar-refractivity contribution in [1.82, 2.24) is 5.32 Å². The third-order valence-electron chi connectivity index (χ3n) is 12.5. The number of amides is 1. The summed E-state index contributed by atoms with van der Waals surface area (Å²) in [6.07, 6.45) is 65.7. The number of carbonyl (C=O) groups is 1. The molecule has 3 N–H and O–H groups in total. The molecule has 0 heterocycles. The van der Waals surface area contributed by atoms with Gasteiger partial charge in [0, 0.05) is 6.42 Å². The van der Waals surface area contributed by atoms with Crippen LogP contribution in [-0.4, -0.2) is 34.9 Å². The highest BCUT2D eigenvalue weighted by Crippen LogP contribution is 2.17. The maximum absolute atomic E-state index is 12.5. The molecule has 0 radical (unpaired) electrons. The van der Waals surface area contributed by atoms with E-state index in [9.17, 15) is 15.0 Å². The third-order valence-corrected chi connectivity index (χ3v) is 12.5. The van der Waals surface area contributed by atoms with Gasteiger partial charge < -0.3 is 15.5 Å². The van der Waals surface area contributed by atoms with E-state index in [-0.39, 0.29) is 12.5 Å². The monoisotopic (exact) mass is 816 g/mol. The molecule has 344 valence electrons. The van der Waals surface area contributed by atoms with Crippen LogP contribution in [0.4, 0.5) is 0 Å². The summed E-state index contributed by atoms with van der Waals surface area (Å²) in [6, 6.07) is -0.540. The molecule has 0 aromatic heterocycles. The van der Waals surface area contributed by atoms with Gasteiger partial charge in [0.2, 0.25) is 5.91 Å². The first-order valence-electron chi connectivity index (χ1n) is 26.5. The zero-order valence-corrected chi connectivity index (χ0v) is 39.6. The molecule has 0 aliphatic carbocycles. The van der Waals surface area contributed by atoms with Gasteiger partial charge in [0.25, 0.3) is 0 Å². The highest BCUT2D eigenvalue weighted by atomic mass is 16.3. The van der Waals surface area contributed by atoms with Crippen LogP contribution in [0.25, 0.3) is 0 Å². The average Bonchev–Trinajstić information content (AvgIpc) is 3.23. The lowest BCUT2D eigenvalue weighted by atomic mass is 10.0. The molecule has 58 heavy (non-hydrogen) atoms. The lowest BCUT2D eigenvalue weighted by Gasteiger charge is -2.22. The van der Waals surface area contributed by atoms with Crippen LogP contribution in [-0.2, 0) is 4.79 Å². The Balaban J connectivity index is 3.48. The number of aliphatic hydroxyl groups excluding tert-OH is 2. The Labute approximate surface area is 364 Å². The first-order chi connectivity index (χ1) is 28.7. The summed E-state index contributed by atoms with van der Waals surface area (Å²) in [5.41, 5.74) is 0. The minimum Gasteiger partial charge on any atom is -0.394 e. The number of carbonyl (C=O) groups excluding carboxylic acids is 1. The molecule has 0 aliphatic rings. The van der Waals surface area contributed by atoms with Gasteiger partial charge in [-0.1, -0.05) is 269 Å². The van der Waals surface area contributed by atoms with Crippen molar-refractivity contribution in [3.8, 4) is 0 Å². The maximum atomic E-state index is 12.5. The largest absolute Gasteiger partial charge is 0.394 e. The molecule has 0 rings (SSSR count). The van der Waals surface area contributed by atoms with E-state index >= 15 is 0 Å². The van der Waals surface area contributed by atoms with Crippen molar-refractivity contribution in [2.24, 2.45) is 0 Å². The summed E-state index contributed by atoms with van der Waals surface area (Å²) in [4.78, 5) is 12.5. The maximum Gasteiger partial charge on any atom is 0.220 e. The van der Waals surface area contributed by atoms with E-state index in [4.69, 9.17) is 0 Å². The van der Waals surface area contributed by atoms with Crippen LogP contribution in [0.15, 0.2) is 24.3 Å². The smallest absolute Gasteiger partial charge is 0.220 e. The van der Waals surface area contributed by atoms with Crippen molar-refractivity contribution in [3.05, 3.63) is 24.3 Å². The zero-order valence-electron chi connectivity index (χ0n) is 39.6. The summed E-state index contributed by atoms with van der Waals surface area (Å²) in [7, 11) is 0. The summed E-state index contributed by atoms with van der Waals surface area (Å²) in [5.74, 6) is -0.0347. The van der Waals surface area contributed by atoms with Crippen molar-refractivity contribution >= 4 is 5.91 Å². The van der Waals surface area contributed by atoms with Gasteiger partial charge in [-0.2, -0.15) is 0 Å². The third kappa shape index (κ3) is 45.9. The highest BCUT2D eigenvalue weighted by Gasteiger charge is 2.20. The number of hydrogen-bond donors (Lipinski definition) is 3. The Kier molecular flexibility index (Phi) is 49.2. The fourth-order valence-corrected chi connectivity index (χ4v) is 8.39. The predicted octanol–water partition coefficient (Wildman–Crippen LogP) is 17.1. The second-order valence-corrected chi connectivity index (χ2v) is 18.3. The minimum absolute atomic E-state index is 0.0347. The molecule has 0 aliphatic heterocycles. The zero-order chi connectivity index (χ0) is 42.1. The fourth-order valence-electron chi connectivity index (χ4n) is 8.39. The Morgan fingerprint density at radius 1 is 0.414 bits per heavy atom. The lowest BCUT2D eigenvalue weighted by Crippen LogP contribution is -2.45. The second-order valence-electron chi connectivity index (χ2n) is 18.3. The lowest BCUT2D eigenvalue weighted by molar-refractivity contribution is -0.123. The van der Waals surface area contributed by atoms with Crippen LogP contribution in [0.1, 0.15) is 296 Å². The van der Waals surface area contributed by atoms with Crippen molar-refractivity contribution < 1.29 is 15.0 Å². The molecule has 0 bridgehead atoms. The van der Waals surface area contributed by atoms with E-state index in [2.05, 4.69) is 43.5 Å². The molecular weight excluding hydrogens is 711 g/mol. The number of aliphatic hydroxyl groups is 2. The summed E-state index contributed by atoms with van der Waals surface area (Å²) in [6.45, 7) is 4.39. The first-order valence-corrected chi connectivity index (χ1v) is 26.5. The van der Waals surface area contributed by atoms with Gasteiger partial charge in [-0.3, -0.25) is 4.79 Å². The van der Waals surface area contributed by atoms with E-state index in [0.29, 0.717) is 12.8 Å². The number of hydrogen-bond acceptors (Lipinski definition) is 3. The molecule has 0 saturated carbocycles. The van der Waals surface area contributed by atoms with Crippen LogP contribution in [0, 0.1) is 0 Å². The Morgan fingerprint density at radius 3 is 1.03 bits per heavy atom. The number of allylic oxidation sites excluding steroid dienone is 4. The van der Waals surface area contributed by atoms with Gasteiger partial charge in [0.05, 0.1) is 18.8 Å². The quantitative estimate of drug-likeness (QED) is 0.0423. The average molecular weight is 816 g/mol. The second kappa shape index (κ2) is 50.2. The molecule has 0 spiro atoms. The number of unbranched alkanes of at least 4 members (excludes halogenated alkanes) is 38. The van der Waals surface area contributed by atoms with Gasteiger partial charge in [0.15, 0.2) is 0 Å². The van der Waals surface area contributed by atoms with Crippen LogP contribution in [0.5, 0.6) is 0 Å². The summed E-state index contributed by atoms with van der Waals surface area (Å²) < 4.78 is 0. The minimum atomic E-state index is -0.662. The summed E-state index contributed by atoms with van der Waals surface area (Å²) in [5, 5.41) is 23.3. The molecule has 2 unspecified atom stereocenters. The van der Waals surface area contributed by atoms with Gasteiger partial charge in [-0.05, 0) is 44.9 Å². The van der Waals surface area contributed by atoms with Crippen LogP contribution < -0.4 is 5.32 Å². The Bertz CT molecular complexity index is 840. The molecule has 2 atom stereocenters. The van der Waals surface area contributed by atoms with Crippen molar-refractivity contribution in [3.63, 3.8) is 0 Å². The standard InChI is InChI=1S/C54H105NO3/c1-3-5-7-9-11-13-15-17-19-21-23-25-27-29-31-33-35-37-39-41-43-45-47-49-53(57)52(51-56)55-54(58)50-48-46-44-42-40-38-36-34-32-30-28-26-24-22-20-18-16-14-12-10-8-6-4-2/h24,26,30,32,52-53,56-57H,3-23,25,27-29,31,33-51H2,1-2H3,(H,55,58)/b26-24-,32-30-. The predicted molar refractivity (Wildman–Crippen MR) is 258 cm³/mol. The molecular formula is C54H105NO3. The van der Waals surface area contributed by atoms with Gasteiger partial charge in [-0.15, -0.1) is 0 Å². The molecule has 4 nitrogen and oxygen atoms in total. The summed E-state index contributed by atoms with van der Waals surface area (Å²) >= 11 is 0. The van der Waals surface area contributed by atoms with E-state index < -0.39 is 12.1 Å². The topological polar surface area (TPSA) is 69.6 Å². The number of rotatable bonds is 49. The molecule has 0 aromatic rings. The van der Waals surface area contributed by atoms with Crippen LogP contribution in [0.2, 0.25) is 0 Å². The number of nitrogens with one attached hydrogen (secondary N) is 1. The molecule has 1 amide bonds. The first kappa shape index (κ1) is 56.9. The SMILES string of the molecule is CCCCCCCCCCC/C=C\C/C=C\CCCCCCCCCC(=O)NC(CO)C(O)CCCCCCCCCCCCCCCCCCCCCCCCC. The highest BCUT2D eigenvalue weighted by molar-refractivity contribution is 5.76. The van der Waals surface area contributed by atoms with E-state index in [1.54, 1.807) is 0 Å².